The van der Waals surface area contributed by atoms with Gasteiger partial charge in [0.25, 0.3) is 0 Å². The molecule has 0 bridgehead atoms. The molecule has 0 unspecified atom stereocenters. The van der Waals surface area contributed by atoms with Crippen LogP contribution in [0.5, 0.6) is 0 Å². The van der Waals surface area contributed by atoms with Crippen LogP contribution in [0.3, 0.4) is 0 Å². The van der Waals surface area contributed by atoms with Crippen molar-refractivity contribution in [2.45, 2.75) is 65.3 Å². The summed E-state index contributed by atoms with van der Waals surface area (Å²) >= 11 is 6.11. The van der Waals surface area contributed by atoms with Gasteiger partial charge in [-0.1, -0.05) is 42.8 Å². The molecule has 0 heterocycles. The molecule has 2 amide bonds. The summed E-state index contributed by atoms with van der Waals surface area (Å²) in [7, 11) is -4.26. The molecule has 7 nitrogen and oxygen atoms in total. The van der Waals surface area contributed by atoms with Crippen molar-refractivity contribution in [2.75, 3.05) is 17.1 Å². The highest BCUT2D eigenvalue weighted by atomic mass is 35.5. The van der Waals surface area contributed by atoms with Crippen LogP contribution in [0.2, 0.25) is 5.02 Å². The molecule has 0 radical (unpaired) electrons. The van der Waals surface area contributed by atoms with Crippen LogP contribution >= 0.6 is 11.6 Å². The van der Waals surface area contributed by atoms with Crippen LogP contribution in [0.15, 0.2) is 42.5 Å². The fourth-order valence-electron chi connectivity index (χ4n) is 3.82. The van der Waals surface area contributed by atoms with Gasteiger partial charge in [-0.25, -0.2) is 8.42 Å². The molecule has 0 aliphatic heterocycles. The van der Waals surface area contributed by atoms with Crippen molar-refractivity contribution in [1.29, 1.82) is 0 Å². The molecule has 0 aliphatic carbocycles. The van der Waals surface area contributed by atoms with Crippen molar-refractivity contribution in [1.82, 2.24) is 10.2 Å². The highest BCUT2D eigenvalue weighted by Gasteiger charge is 2.36. The number of sulfonamides is 1. The van der Waals surface area contributed by atoms with Crippen LogP contribution in [-0.2, 0) is 32.3 Å². The van der Waals surface area contributed by atoms with Gasteiger partial charge in [0.2, 0.25) is 21.8 Å². The van der Waals surface area contributed by atoms with Crippen molar-refractivity contribution < 1.29 is 31.2 Å². The molecule has 0 aliphatic rings. The second kappa shape index (κ2) is 11.9. The first-order valence-electron chi connectivity index (χ1n) is 11.9. The summed E-state index contributed by atoms with van der Waals surface area (Å²) in [5.41, 5.74) is -0.638. The zero-order chi connectivity index (χ0) is 29.1. The van der Waals surface area contributed by atoms with Crippen LogP contribution in [0.25, 0.3) is 0 Å². The fourth-order valence-corrected chi connectivity index (χ4v) is 4.94. The van der Waals surface area contributed by atoms with Gasteiger partial charge in [-0.05, 0) is 63.4 Å². The maximum Gasteiger partial charge on any atom is 0.416 e. The number of carbonyl (C=O) groups is 2. The number of alkyl halides is 3. The highest BCUT2D eigenvalue weighted by molar-refractivity contribution is 7.92. The van der Waals surface area contributed by atoms with E-state index in [4.69, 9.17) is 11.6 Å². The minimum Gasteiger partial charge on any atom is -0.350 e. The summed E-state index contributed by atoms with van der Waals surface area (Å²) in [5, 5.41) is 2.57. The molecule has 1 N–H and O–H groups in total. The van der Waals surface area contributed by atoms with Gasteiger partial charge in [-0.3, -0.25) is 13.9 Å². The maximum absolute atomic E-state index is 13.7. The minimum atomic E-state index is -4.76. The number of nitrogens with zero attached hydrogens (tertiary/aromatic N) is 2. The van der Waals surface area contributed by atoms with Gasteiger partial charge in [-0.2, -0.15) is 13.2 Å². The van der Waals surface area contributed by atoms with Crippen LogP contribution in [0.4, 0.5) is 18.9 Å². The first kappa shape index (κ1) is 31.4. The lowest BCUT2D eigenvalue weighted by molar-refractivity contribution is -0.141. The normalized spacial score (nSPS) is 13.1. The van der Waals surface area contributed by atoms with E-state index in [1.54, 1.807) is 39.8 Å². The maximum atomic E-state index is 13.7. The Kier molecular flexibility index (Phi) is 9.88. The van der Waals surface area contributed by atoms with Crippen molar-refractivity contribution in [3.63, 3.8) is 0 Å². The highest BCUT2D eigenvalue weighted by Crippen LogP contribution is 2.36. The molecule has 0 saturated heterocycles. The monoisotopic (exact) mass is 575 g/mol. The Morgan fingerprint density at radius 3 is 2.18 bits per heavy atom. The zero-order valence-electron chi connectivity index (χ0n) is 22.2. The van der Waals surface area contributed by atoms with Crippen LogP contribution in [0, 0.1) is 6.92 Å². The molecule has 2 rings (SSSR count). The number of rotatable bonds is 9. The topological polar surface area (TPSA) is 86.8 Å². The van der Waals surface area contributed by atoms with Gasteiger partial charge in [0.15, 0.2) is 0 Å². The third-order valence-electron chi connectivity index (χ3n) is 5.71. The summed E-state index contributed by atoms with van der Waals surface area (Å²) < 4.78 is 66.1. The number of hydrogen-bond acceptors (Lipinski definition) is 4. The third kappa shape index (κ3) is 8.36. The average molecular weight is 576 g/mol. The zero-order valence-corrected chi connectivity index (χ0v) is 23.8. The Labute approximate surface area is 227 Å². The molecule has 0 aromatic heterocycles. The van der Waals surface area contributed by atoms with Crippen molar-refractivity contribution >= 4 is 39.1 Å². The Hall–Kier alpha value is -2.79. The summed E-state index contributed by atoms with van der Waals surface area (Å²) in [6.45, 7) is 8.02. The Balaban J connectivity index is 2.58. The summed E-state index contributed by atoms with van der Waals surface area (Å²) in [4.78, 5) is 28.2. The van der Waals surface area contributed by atoms with E-state index in [1.807, 2.05) is 19.1 Å². The lowest BCUT2D eigenvalue weighted by Gasteiger charge is -2.35. The molecule has 38 heavy (non-hydrogen) atoms. The molecule has 1 atom stereocenters. The van der Waals surface area contributed by atoms with E-state index in [-0.39, 0.29) is 18.0 Å². The van der Waals surface area contributed by atoms with Crippen LogP contribution < -0.4 is 9.62 Å². The van der Waals surface area contributed by atoms with E-state index in [9.17, 15) is 31.2 Å². The smallest absolute Gasteiger partial charge is 0.350 e. The number of aryl methyl sites for hydroxylation is 1. The molecule has 2 aromatic carbocycles. The van der Waals surface area contributed by atoms with E-state index in [1.165, 1.54) is 4.90 Å². The van der Waals surface area contributed by atoms with E-state index in [0.29, 0.717) is 10.4 Å². The number of carbonyl (C=O) groups excluding carboxylic acids is 2. The van der Waals surface area contributed by atoms with Crippen molar-refractivity contribution in [3.05, 3.63) is 64.2 Å². The lowest BCUT2D eigenvalue weighted by Crippen LogP contribution is -2.55. The molecule has 0 spiro atoms. The second-order valence-electron chi connectivity index (χ2n) is 10.0. The molecule has 2 aromatic rings. The fraction of sp³-hybridized carbons (Fsp3) is 0.462. The minimum absolute atomic E-state index is 0.0184. The molecule has 0 fully saturated rings. The standard InChI is InChI=1S/C26H33ClF3N3O4S/c1-7-21(24(35)31-25(3,4)5)32(15-18-11-9-8-10-17(18)2)23(34)16-33(38(6,36)37)22-14-19(26(28,29)30)12-13-20(22)27/h8-14,21H,7,15-16H2,1-6H3,(H,31,35)/t21-/m0/s1. The SMILES string of the molecule is CC[C@@H](C(=O)NC(C)(C)C)N(Cc1ccccc1C)C(=O)CN(c1cc(C(F)(F)F)ccc1Cl)S(C)(=O)=O. The summed E-state index contributed by atoms with van der Waals surface area (Å²) in [6.07, 6.45) is -3.78. The Bertz CT molecular complexity index is 1280. The van der Waals surface area contributed by atoms with E-state index < -0.39 is 57.4 Å². The van der Waals surface area contributed by atoms with E-state index >= 15 is 0 Å². The van der Waals surface area contributed by atoms with Crippen LogP contribution in [-0.4, -0.2) is 49.5 Å². The molecular formula is C26H33ClF3N3O4S. The largest absolute Gasteiger partial charge is 0.416 e. The third-order valence-corrected chi connectivity index (χ3v) is 7.15. The molecule has 210 valence electrons. The summed E-state index contributed by atoms with van der Waals surface area (Å²) in [6, 6.07) is 8.47. The second-order valence-corrected chi connectivity index (χ2v) is 12.4. The van der Waals surface area contributed by atoms with Gasteiger partial charge >= 0.3 is 6.18 Å². The number of hydrogen-bond donors (Lipinski definition) is 1. The van der Waals surface area contributed by atoms with Gasteiger partial charge in [0.05, 0.1) is 22.5 Å². The van der Waals surface area contributed by atoms with Gasteiger partial charge in [-0.15, -0.1) is 0 Å². The van der Waals surface area contributed by atoms with Crippen molar-refractivity contribution in [2.24, 2.45) is 0 Å². The number of nitrogens with one attached hydrogen (secondary N) is 1. The van der Waals surface area contributed by atoms with Gasteiger partial charge < -0.3 is 10.2 Å². The van der Waals surface area contributed by atoms with E-state index in [0.717, 1.165) is 29.5 Å². The predicted octanol–water partition coefficient (Wildman–Crippen LogP) is 5.16. The first-order valence-corrected chi connectivity index (χ1v) is 14.1. The number of benzene rings is 2. The average Bonchev–Trinajstić information content (AvgIpc) is 2.76. The molecular weight excluding hydrogens is 543 g/mol. The quantitative estimate of drug-likeness (QED) is 0.448. The number of anilines is 1. The summed E-state index contributed by atoms with van der Waals surface area (Å²) in [5.74, 6) is -1.21. The Morgan fingerprint density at radius 1 is 1.08 bits per heavy atom. The Morgan fingerprint density at radius 2 is 1.68 bits per heavy atom. The molecule has 12 heteroatoms. The number of amides is 2. The molecule has 0 saturated carbocycles. The lowest BCUT2D eigenvalue weighted by atomic mass is 10.0. The number of halogens is 4. The van der Waals surface area contributed by atoms with Gasteiger partial charge in [0.1, 0.15) is 12.6 Å². The first-order chi connectivity index (χ1) is 17.3. The van der Waals surface area contributed by atoms with Gasteiger partial charge in [0, 0.05) is 12.1 Å². The van der Waals surface area contributed by atoms with Crippen LogP contribution in [0.1, 0.15) is 50.8 Å². The predicted molar refractivity (Wildman–Crippen MR) is 142 cm³/mol. The van der Waals surface area contributed by atoms with Crippen molar-refractivity contribution in [3.8, 4) is 0 Å². The van der Waals surface area contributed by atoms with E-state index in [2.05, 4.69) is 5.32 Å².